The molecule has 0 fully saturated rings. The molecule has 0 radical (unpaired) electrons. The number of hydrogen-bond donors (Lipinski definition) is 2. The second kappa shape index (κ2) is 5.64. The fraction of sp³-hybridized carbons (Fsp3) is 0.455. The summed E-state index contributed by atoms with van der Waals surface area (Å²) in [6, 6.07) is 6.57. The number of benzene rings is 1. The first-order chi connectivity index (χ1) is 7.83. The van der Waals surface area contributed by atoms with Gasteiger partial charge in [-0.2, -0.15) is 0 Å². The molecule has 0 saturated carbocycles. The summed E-state index contributed by atoms with van der Waals surface area (Å²) in [6.07, 6.45) is 0.521. The van der Waals surface area contributed by atoms with E-state index in [1.54, 1.807) is 31.2 Å². The molecule has 0 aliphatic rings. The van der Waals surface area contributed by atoms with Crippen LogP contribution in [-0.2, 0) is 10.0 Å². The van der Waals surface area contributed by atoms with E-state index in [1.165, 1.54) is 0 Å². The summed E-state index contributed by atoms with van der Waals surface area (Å²) >= 11 is 2.11. The highest BCUT2D eigenvalue weighted by molar-refractivity contribution is 14.1. The normalized spacial score (nSPS) is 15.5. The van der Waals surface area contributed by atoms with Gasteiger partial charge in [0.05, 0.1) is 17.0 Å². The molecule has 2 N–H and O–H groups in total. The summed E-state index contributed by atoms with van der Waals surface area (Å²) in [6.45, 7) is 3.27. The van der Waals surface area contributed by atoms with Gasteiger partial charge in [-0.25, -0.2) is 13.1 Å². The van der Waals surface area contributed by atoms with Crippen LogP contribution in [0.5, 0.6) is 0 Å². The van der Waals surface area contributed by atoms with Crippen molar-refractivity contribution in [3.63, 3.8) is 0 Å². The number of aliphatic hydroxyl groups is 1. The predicted molar refractivity (Wildman–Crippen MR) is 75.3 cm³/mol. The number of sulfonamides is 1. The molecule has 1 aromatic carbocycles. The molecule has 0 aliphatic heterocycles. The number of hydrogen-bond acceptors (Lipinski definition) is 3. The van der Waals surface area contributed by atoms with Crippen molar-refractivity contribution in [3.05, 3.63) is 27.8 Å². The van der Waals surface area contributed by atoms with Crippen LogP contribution in [0.15, 0.2) is 29.2 Å². The molecule has 17 heavy (non-hydrogen) atoms. The minimum absolute atomic E-state index is 0.214. The summed E-state index contributed by atoms with van der Waals surface area (Å²) < 4.78 is 27.6. The predicted octanol–water partition coefficient (Wildman–Crippen LogP) is 1.73. The van der Waals surface area contributed by atoms with Crippen molar-refractivity contribution in [2.45, 2.75) is 30.7 Å². The van der Waals surface area contributed by atoms with Gasteiger partial charge >= 0.3 is 0 Å². The number of nitrogens with one attached hydrogen (secondary N) is 1. The summed E-state index contributed by atoms with van der Waals surface area (Å²) in [5, 5.41) is 9.21. The van der Waals surface area contributed by atoms with Crippen molar-refractivity contribution in [2.24, 2.45) is 0 Å². The van der Waals surface area contributed by atoms with E-state index in [9.17, 15) is 13.5 Å². The van der Waals surface area contributed by atoms with Gasteiger partial charge in [-0.15, -0.1) is 0 Å². The van der Waals surface area contributed by atoms with E-state index < -0.39 is 15.6 Å². The van der Waals surface area contributed by atoms with Crippen molar-refractivity contribution >= 4 is 32.6 Å². The Labute approximate surface area is 116 Å². The van der Waals surface area contributed by atoms with Gasteiger partial charge in [0.2, 0.25) is 10.0 Å². The molecule has 6 heteroatoms. The number of rotatable bonds is 5. The standard InChI is InChI=1S/C11H16INO3S/c1-3-11(2,8-14)13-17(15,16)10-6-4-9(12)5-7-10/h4-7,13-14H,3,8H2,1-2H3. The third-order valence-corrected chi connectivity index (χ3v) is 5.01. The average molecular weight is 369 g/mol. The molecule has 0 aliphatic carbocycles. The van der Waals surface area contributed by atoms with Gasteiger partial charge < -0.3 is 5.11 Å². The highest BCUT2D eigenvalue weighted by atomic mass is 127. The van der Waals surface area contributed by atoms with E-state index >= 15 is 0 Å². The molecule has 0 aromatic heterocycles. The van der Waals surface area contributed by atoms with Crippen molar-refractivity contribution in [3.8, 4) is 0 Å². The van der Waals surface area contributed by atoms with Crippen LogP contribution in [0.25, 0.3) is 0 Å². The Morgan fingerprint density at radius 3 is 2.29 bits per heavy atom. The Morgan fingerprint density at radius 2 is 1.88 bits per heavy atom. The highest BCUT2D eigenvalue weighted by Gasteiger charge is 2.28. The zero-order chi connectivity index (χ0) is 13.1. The van der Waals surface area contributed by atoms with E-state index in [0.717, 1.165) is 3.57 Å². The van der Waals surface area contributed by atoms with Crippen LogP contribution in [0.3, 0.4) is 0 Å². The molecule has 1 atom stereocenters. The van der Waals surface area contributed by atoms with Crippen molar-refractivity contribution in [1.29, 1.82) is 0 Å². The third kappa shape index (κ3) is 3.90. The topological polar surface area (TPSA) is 66.4 Å². The first kappa shape index (κ1) is 14.9. The zero-order valence-electron chi connectivity index (χ0n) is 9.77. The van der Waals surface area contributed by atoms with Crippen LogP contribution in [-0.4, -0.2) is 25.7 Å². The van der Waals surface area contributed by atoms with Crippen molar-refractivity contribution < 1.29 is 13.5 Å². The molecule has 1 unspecified atom stereocenters. The molecular formula is C11H16INO3S. The Bertz CT molecular complexity index is 466. The molecule has 4 nitrogen and oxygen atoms in total. The minimum Gasteiger partial charge on any atom is -0.394 e. The lowest BCUT2D eigenvalue weighted by atomic mass is 10.0. The number of halogens is 1. The zero-order valence-corrected chi connectivity index (χ0v) is 12.7. The van der Waals surface area contributed by atoms with Crippen molar-refractivity contribution in [2.75, 3.05) is 6.61 Å². The lowest BCUT2D eigenvalue weighted by Gasteiger charge is -2.26. The molecule has 0 spiro atoms. The average Bonchev–Trinajstić information content (AvgIpc) is 2.29. The maximum atomic E-state index is 12.1. The molecule has 0 saturated heterocycles. The SMILES string of the molecule is CCC(C)(CO)NS(=O)(=O)c1ccc(I)cc1. The minimum atomic E-state index is -3.57. The molecule has 0 heterocycles. The highest BCUT2D eigenvalue weighted by Crippen LogP contribution is 2.16. The van der Waals surface area contributed by atoms with Crippen LogP contribution >= 0.6 is 22.6 Å². The largest absolute Gasteiger partial charge is 0.394 e. The fourth-order valence-electron chi connectivity index (χ4n) is 1.21. The Hall–Kier alpha value is -0.180. The van der Waals surface area contributed by atoms with Crippen LogP contribution in [0.4, 0.5) is 0 Å². The lowest BCUT2D eigenvalue weighted by Crippen LogP contribution is -2.48. The van der Waals surface area contributed by atoms with Crippen molar-refractivity contribution in [1.82, 2.24) is 4.72 Å². The van der Waals surface area contributed by atoms with E-state index in [0.29, 0.717) is 6.42 Å². The summed E-state index contributed by atoms with van der Waals surface area (Å²) in [5.41, 5.74) is -0.818. The van der Waals surface area contributed by atoms with Gasteiger partial charge in [0.25, 0.3) is 0 Å². The van der Waals surface area contributed by atoms with E-state index in [-0.39, 0.29) is 11.5 Å². The molecule has 1 aromatic rings. The first-order valence-corrected chi connectivity index (χ1v) is 7.79. The van der Waals surface area contributed by atoms with Gasteiger partial charge in [0, 0.05) is 3.57 Å². The van der Waals surface area contributed by atoms with Gasteiger partial charge in [-0.1, -0.05) is 6.92 Å². The Balaban J connectivity index is 3.00. The summed E-state index contributed by atoms with van der Waals surface area (Å²) in [7, 11) is -3.57. The Morgan fingerprint density at radius 1 is 1.35 bits per heavy atom. The van der Waals surface area contributed by atoms with E-state index in [2.05, 4.69) is 27.3 Å². The molecule has 1 rings (SSSR count). The smallest absolute Gasteiger partial charge is 0.241 e. The third-order valence-electron chi connectivity index (χ3n) is 2.63. The maximum Gasteiger partial charge on any atom is 0.241 e. The molecular weight excluding hydrogens is 353 g/mol. The molecule has 0 amide bonds. The monoisotopic (exact) mass is 369 g/mol. The second-order valence-corrected chi connectivity index (χ2v) is 7.06. The van der Waals surface area contributed by atoms with Crippen LogP contribution in [0.2, 0.25) is 0 Å². The quantitative estimate of drug-likeness (QED) is 0.777. The molecule has 0 bridgehead atoms. The molecule has 96 valence electrons. The van der Waals surface area contributed by atoms with Crippen LogP contribution in [0.1, 0.15) is 20.3 Å². The summed E-state index contributed by atoms with van der Waals surface area (Å²) in [4.78, 5) is 0.214. The second-order valence-electron chi connectivity index (χ2n) is 4.13. The fourth-order valence-corrected chi connectivity index (χ4v) is 3.04. The van der Waals surface area contributed by atoms with E-state index in [4.69, 9.17) is 0 Å². The first-order valence-electron chi connectivity index (χ1n) is 5.23. The summed E-state index contributed by atoms with van der Waals surface area (Å²) in [5.74, 6) is 0. The van der Waals surface area contributed by atoms with E-state index in [1.807, 2.05) is 6.92 Å². The van der Waals surface area contributed by atoms with Gasteiger partial charge in [-0.05, 0) is 60.2 Å². The van der Waals surface area contributed by atoms with Gasteiger partial charge in [0.15, 0.2) is 0 Å². The van der Waals surface area contributed by atoms with Crippen LogP contribution in [0, 0.1) is 3.57 Å². The lowest BCUT2D eigenvalue weighted by molar-refractivity contribution is 0.191. The van der Waals surface area contributed by atoms with Crippen LogP contribution < -0.4 is 4.72 Å². The maximum absolute atomic E-state index is 12.1. The Kier molecular flexibility index (Phi) is 4.94. The van der Waals surface area contributed by atoms with Gasteiger partial charge in [0.1, 0.15) is 0 Å². The van der Waals surface area contributed by atoms with Gasteiger partial charge in [-0.3, -0.25) is 0 Å². The number of aliphatic hydroxyl groups excluding tert-OH is 1.